The smallest absolute Gasteiger partial charge is 0.317 e. The van der Waals surface area contributed by atoms with E-state index >= 15 is 0 Å². The standard InChI is InChI=1S/C27H50N6O9/c28-22(16-21-8-4-3-5-9-21)27(41)31-42-15-7-2-1-6-10-30-23(34)18-32(12-11-29-17-24(35)36)13-14-33(19-25(37)38)20-26(39)40/h21-22,29H,1-20,28H2,(H,30,34)(H,31,41)(H,35,36)(H,37,38)(H,39,40)/t22-/m1/s1. The van der Waals surface area contributed by atoms with Crippen LogP contribution in [0.15, 0.2) is 0 Å². The van der Waals surface area contributed by atoms with Crippen LogP contribution in [0.1, 0.15) is 64.2 Å². The number of hydrogen-bond acceptors (Lipinski definition) is 10. The summed E-state index contributed by atoms with van der Waals surface area (Å²) in [7, 11) is 0. The lowest BCUT2D eigenvalue weighted by Crippen LogP contribution is -2.45. The average molecular weight is 603 g/mol. The fraction of sp³-hybridized carbons (Fsp3) is 0.815. The van der Waals surface area contributed by atoms with Crippen LogP contribution in [0.5, 0.6) is 0 Å². The Kier molecular flexibility index (Phi) is 20.1. The molecule has 1 aliphatic rings. The van der Waals surface area contributed by atoms with Crippen LogP contribution in [0.4, 0.5) is 0 Å². The molecule has 0 unspecified atom stereocenters. The number of rotatable bonds is 25. The quantitative estimate of drug-likeness (QED) is 0.0515. The molecule has 0 saturated heterocycles. The monoisotopic (exact) mass is 602 g/mol. The summed E-state index contributed by atoms with van der Waals surface area (Å²) in [5, 5.41) is 32.4. The summed E-state index contributed by atoms with van der Waals surface area (Å²) >= 11 is 0. The number of carboxylic acid groups (broad SMARTS) is 3. The topological polar surface area (TPSA) is 224 Å². The molecule has 8 N–H and O–H groups in total. The number of carbonyl (C=O) groups excluding carboxylic acids is 2. The van der Waals surface area contributed by atoms with Gasteiger partial charge < -0.3 is 31.7 Å². The molecule has 15 nitrogen and oxygen atoms in total. The van der Waals surface area contributed by atoms with Gasteiger partial charge in [0.05, 0.1) is 38.8 Å². The van der Waals surface area contributed by atoms with Crippen LogP contribution in [0.25, 0.3) is 0 Å². The van der Waals surface area contributed by atoms with E-state index < -0.39 is 37.0 Å². The Labute approximate surface area is 247 Å². The first kappa shape index (κ1) is 37.2. The summed E-state index contributed by atoms with van der Waals surface area (Å²) in [6.45, 7) is 0.633. The Morgan fingerprint density at radius 2 is 1.43 bits per heavy atom. The van der Waals surface area contributed by atoms with Crippen molar-refractivity contribution in [3.63, 3.8) is 0 Å². The van der Waals surface area contributed by atoms with Crippen molar-refractivity contribution in [1.29, 1.82) is 0 Å². The van der Waals surface area contributed by atoms with Gasteiger partial charge in [-0.3, -0.25) is 38.6 Å². The molecule has 1 atom stereocenters. The number of nitrogens with zero attached hydrogens (tertiary/aromatic N) is 2. The maximum absolute atomic E-state index is 12.5. The normalized spacial score (nSPS) is 14.5. The van der Waals surface area contributed by atoms with E-state index in [1.165, 1.54) is 24.2 Å². The minimum absolute atomic E-state index is 0.000837. The van der Waals surface area contributed by atoms with Gasteiger partial charge in [0.1, 0.15) is 0 Å². The number of nitrogens with two attached hydrogens (primary N) is 1. The first-order valence-corrected chi connectivity index (χ1v) is 14.8. The third kappa shape index (κ3) is 20.1. The van der Waals surface area contributed by atoms with Crippen molar-refractivity contribution in [2.45, 2.75) is 70.3 Å². The zero-order chi connectivity index (χ0) is 31.2. The van der Waals surface area contributed by atoms with E-state index in [1.807, 2.05) is 0 Å². The number of nitrogens with one attached hydrogen (secondary N) is 3. The van der Waals surface area contributed by atoms with Crippen LogP contribution in [-0.4, -0.2) is 126 Å². The van der Waals surface area contributed by atoms with Crippen molar-refractivity contribution >= 4 is 29.7 Å². The largest absolute Gasteiger partial charge is 0.480 e. The van der Waals surface area contributed by atoms with E-state index in [4.69, 9.17) is 25.9 Å². The van der Waals surface area contributed by atoms with Crippen LogP contribution in [-0.2, 0) is 28.8 Å². The molecule has 0 spiro atoms. The second-order valence-electron chi connectivity index (χ2n) is 10.8. The van der Waals surface area contributed by atoms with E-state index in [2.05, 4.69) is 16.1 Å². The highest BCUT2D eigenvalue weighted by atomic mass is 16.6. The second kappa shape index (κ2) is 22.7. The molecular formula is C27H50N6O9. The summed E-state index contributed by atoms with van der Waals surface area (Å²) < 4.78 is 0. The van der Waals surface area contributed by atoms with Crippen LogP contribution in [0.2, 0.25) is 0 Å². The highest BCUT2D eigenvalue weighted by Crippen LogP contribution is 2.26. The molecule has 0 bridgehead atoms. The molecule has 1 fully saturated rings. The SMILES string of the molecule is N[C@H](CC1CCCCC1)C(=O)NOCCCCCCNC(=O)CN(CCNCC(=O)O)CCN(CC(=O)O)CC(=O)O. The number of carboxylic acids is 3. The second-order valence-corrected chi connectivity index (χ2v) is 10.8. The van der Waals surface area contributed by atoms with Crippen LogP contribution < -0.4 is 21.8 Å². The van der Waals surface area contributed by atoms with E-state index in [0.717, 1.165) is 38.5 Å². The number of aliphatic carboxylic acids is 3. The summed E-state index contributed by atoms with van der Waals surface area (Å²) in [5.74, 6) is -3.35. The van der Waals surface area contributed by atoms with Gasteiger partial charge >= 0.3 is 17.9 Å². The van der Waals surface area contributed by atoms with Gasteiger partial charge in [0.2, 0.25) is 5.91 Å². The maximum Gasteiger partial charge on any atom is 0.317 e. The average Bonchev–Trinajstić information content (AvgIpc) is 2.92. The first-order chi connectivity index (χ1) is 20.1. The van der Waals surface area contributed by atoms with Crippen molar-refractivity contribution in [2.24, 2.45) is 11.7 Å². The van der Waals surface area contributed by atoms with E-state index in [0.29, 0.717) is 32.0 Å². The zero-order valence-electron chi connectivity index (χ0n) is 24.6. The molecule has 0 aromatic rings. The third-order valence-electron chi connectivity index (χ3n) is 7.02. The van der Waals surface area contributed by atoms with Gasteiger partial charge in [0, 0.05) is 32.7 Å². The molecule has 1 saturated carbocycles. The van der Waals surface area contributed by atoms with Gasteiger partial charge in [-0.25, -0.2) is 5.48 Å². The molecule has 0 radical (unpaired) electrons. The molecule has 0 heterocycles. The molecule has 242 valence electrons. The molecule has 0 aromatic carbocycles. The minimum atomic E-state index is -1.16. The van der Waals surface area contributed by atoms with Crippen molar-refractivity contribution in [3.05, 3.63) is 0 Å². The molecule has 1 rings (SSSR count). The highest BCUT2D eigenvalue weighted by Gasteiger charge is 2.21. The Morgan fingerprint density at radius 1 is 0.786 bits per heavy atom. The Morgan fingerprint density at radius 3 is 2.07 bits per heavy atom. The Balaban J connectivity index is 2.24. The molecule has 42 heavy (non-hydrogen) atoms. The summed E-state index contributed by atoms with van der Waals surface area (Å²) in [6, 6.07) is -0.554. The van der Waals surface area contributed by atoms with Gasteiger partial charge in [-0.15, -0.1) is 0 Å². The Hall–Kier alpha value is -2.85. The lowest BCUT2D eigenvalue weighted by molar-refractivity contribution is -0.142. The van der Waals surface area contributed by atoms with Gasteiger partial charge in [0.15, 0.2) is 0 Å². The minimum Gasteiger partial charge on any atom is -0.480 e. The summed E-state index contributed by atoms with van der Waals surface area (Å²) in [4.78, 5) is 65.6. The van der Waals surface area contributed by atoms with Crippen LogP contribution >= 0.6 is 0 Å². The molecular weight excluding hydrogens is 552 g/mol. The van der Waals surface area contributed by atoms with Crippen molar-refractivity contribution in [1.82, 2.24) is 25.9 Å². The molecule has 1 aliphatic carbocycles. The van der Waals surface area contributed by atoms with E-state index in [9.17, 15) is 24.0 Å². The molecule has 0 aromatic heterocycles. The number of carbonyl (C=O) groups is 5. The predicted octanol–water partition coefficient (Wildman–Crippen LogP) is -0.544. The van der Waals surface area contributed by atoms with Crippen molar-refractivity contribution in [2.75, 3.05) is 65.5 Å². The summed E-state index contributed by atoms with van der Waals surface area (Å²) in [5.41, 5.74) is 8.45. The fourth-order valence-corrected chi connectivity index (χ4v) is 4.81. The zero-order valence-corrected chi connectivity index (χ0v) is 24.6. The highest BCUT2D eigenvalue weighted by molar-refractivity contribution is 5.80. The lowest BCUT2D eigenvalue weighted by Gasteiger charge is -2.25. The van der Waals surface area contributed by atoms with Crippen molar-refractivity contribution < 1.29 is 44.1 Å². The number of hydroxylamine groups is 1. The number of amides is 2. The lowest BCUT2D eigenvalue weighted by atomic mass is 9.85. The van der Waals surface area contributed by atoms with Crippen molar-refractivity contribution in [3.8, 4) is 0 Å². The number of unbranched alkanes of at least 4 members (excludes halogenated alkanes) is 3. The summed E-state index contributed by atoms with van der Waals surface area (Å²) in [6.07, 6.45) is 9.81. The third-order valence-corrected chi connectivity index (χ3v) is 7.02. The first-order valence-electron chi connectivity index (χ1n) is 14.8. The fourth-order valence-electron chi connectivity index (χ4n) is 4.81. The molecule has 0 aliphatic heterocycles. The van der Waals surface area contributed by atoms with Gasteiger partial charge in [-0.2, -0.15) is 0 Å². The molecule has 15 heteroatoms. The van der Waals surface area contributed by atoms with E-state index in [-0.39, 0.29) is 44.5 Å². The number of hydrogen-bond donors (Lipinski definition) is 7. The van der Waals surface area contributed by atoms with Gasteiger partial charge in [-0.1, -0.05) is 44.9 Å². The Bertz CT molecular complexity index is 810. The van der Waals surface area contributed by atoms with Gasteiger partial charge in [0.25, 0.3) is 5.91 Å². The van der Waals surface area contributed by atoms with Crippen LogP contribution in [0, 0.1) is 5.92 Å². The maximum atomic E-state index is 12.5. The van der Waals surface area contributed by atoms with Gasteiger partial charge in [-0.05, 0) is 25.2 Å². The molecule has 2 amide bonds. The predicted molar refractivity (Wildman–Crippen MR) is 153 cm³/mol. The van der Waals surface area contributed by atoms with Crippen LogP contribution in [0.3, 0.4) is 0 Å². The van der Waals surface area contributed by atoms with E-state index in [1.54, 1.807) is 4.90 Å².